The summed E-state index contributed by atoms with van der Waals surface area (Å²) in [5.41, 5.74) is 0.433. The zero-order chi connectivity index (χ0) is 19.5. The van der Waals surface area contributed by atoms with Crippen molar-refractivity contribution in [2.45, 2.75) is 24.7 Å². The van der Waals surface area contributed by atoms with Gasteiger partial charge in [0.2, 0.25) is 12.2 Å². The molecule has 144 valence electrons. The minimum atomic E-state index is -1.78. The van der Waals surface area contributed by atoms with E-state index in [-0.39, 0.29) is 11.4 Å². The standard InChI is InChI=1S/C18H16F2N6O2/c1-25-14-2-5-26-15(24-14)11(8-22-26)16(27)23-13(20)9-28-17-12(18(25)3-4-18)6-10(19)7-21-17/h2,5-8,13H,3-4,9H2,1H3,(H,23,27). The topological polar surface area (TPSA) is 84.7 Å². The number of hydrogen-bond donors (Lipinski definition) is 1. The van der Waals surface area contributed by atoms with Crippen LogP contribution in [0.2, 0.25) is 0 Å². The number of nitrogens with zero attached hydrogens (tertiary/aromatic N) is 5. The third kappa shape index (κ3) is 2.48. The van der Waals surface area contributed by atoms with Crippen molar-refractivity contribution in [1.29, 1.82) is 0 Å². The number of amides is 1. The van der Waals surface area contributed by atoms with Crippen LogP contribution in [0.5, 0.6) is 5.88 Å². The summed E-state index contributed by atoms with van der Waals surface area (Å²) in [7, 11) is 1.84. The summed E-state index contributed by atoms with van der Waals surface area (Å²) in [6.07, 6.45) is 3.74. The number of anilines is 1. The second kappa shape index (κ2) is 5.85. The van der Waals surface area contributed by atoms with Gasteiger partial charge in [-0.3, -0.25) is 4.79 Å². The third-order valence-electron chi connectivity index (χ3n) is 5.28. The first-order chi connectivity index (χ1) is 13.5. The molecule has 28 heavy (non-hydrogen) atoms. The fraction of sp³-hybridized carbons (Fsp3) is 0.333. The molecule has 1 unspecified atom stereocenters. The molecule has 0 saturated heterocycles. The first-order valence-corrected chi connectivity index (χ1v) is 8.80. The molecule has 1 atom stereocenters. The Morgan fingerprint density at radius 3 is 2.96 bits per heavy atom. The van der Waals surface area contributed by atoms with Gasteiger partial charge in [-0.25, -0.2) is 23.3 Å². The highest BCUT2D eigenvalue weighted by molar-refractivity contribution is 5.99. The highest BCUT2D eigenvalue weighted by Crippen LogP contribution is 2.54. The molecule has 3 aromatic heterocycles. The van der Waals surface area contributed by atoms with E-state index in [0.29, 0.717) is 17.0 Å². The highest BCUT2D eigenvalue weighted by atomic mass is 19.1. The quantitative estimate of drug-likeness (QED) is 0.593. The molecule has 1 fully saturated rings. The number of fused-ring (bicyclic) bond motifs is 3. The van der Waals surface area contributed by atoms with Gasteiger partial charge in [0.25, 0.3) is 5.91 Å². The lowest BCUT2D eigenvalue weighted by atomic mass is 10.0. The predicted molar refractivity (Wildman–Crippen MR) is 94.4 cm³/mol. The van der Waals surface area contributed by atoms with Crippen LogP contribution in [0.3, 0.4) is 0 Å². The number of halogens is 2. The predicted octanol–water partition coefficient (Wildman–Crippen LogP) is 1.81. The van der Waals surface area contributed by atoms with Gasteiger partial charge in [-0.1, -0.05) is 0 Å². The van der Waals surface area contributed by atoms with Crippen LogP contribution in [-0.4, -0.2) is 45.4 Å². The summed E-state index contributed by atoms with van der Waals surface area (Å²) in [6.45, 7) is -0.452. The molecule has 1 amide bonds. The van der Waals surface area contributed by atoms with Gasteiger partial charge < -0.3 is 15.0 Å². The van der Waals surface area contributed by atoms with Crippen molar-refractivity contribution in [3.8, 4) is 5.88 Å². The minimum absolute atomic E-state index is 0.144. The maximum absolute atomic E-state index is 14.3. The summed E-state index contributed by atoms with van der Waals surface area (Å²) in [6, 6.07) is 3.12. The highest BCUT2D eigenvalue weighted by Gasteiger charge is 2.51. The van der Waals surface area contributed by atoms with Crippen LogP contribution in [0.4, 0.5) is 14.6 Å². The SMILES string of the molecule is CN1c2ccn3ncc(c3n2)C(=O)NC(F)COc2ncc(F)cc2C12CC2. The van der Waals surface area contributed by atoms with Crippen molar-refractivity contribution in [3.05, 3.63) is 47.7 Å². The smallest absolute Gasteiger partial charge is 0.259 e. The Hall–Kier alpha value is -3.30. The van der Waals surface area contributed by atoms with Crippen molar-refractivity contribution in [3.63, 3.8) is 0 Å². The van der Waals surface area contributed by atoms with Gasteiger partial charge in [-0.15, -0.1) is 0 Å². The maximum atomic E-state index is 14.3. The zero-order valence-corrected chi connectivity index (χ0v) is 14.9. The second-order valence-electron chi connectivity index (χ2n) is 6.96. The van der Waals surface area contributed by atoms with Crippen LogP contribution >= 0.6 is 0 Å². The Morgan fingerprint density at radius 1 is 1.36 bits per heavy atom. The second-order valence-corrected chi connectivity index (χ2v) is 6.96. The summed E-state index contributed by atoms with van der Waals surface area (Å²) < 4.78 is 35.3. The van der Waals surface area contributed by atoms with Gasteiger partial charge in [0.05, 0.1) is 17.9 Å². The Balaban J connectivity index is 1.70. The average Bonchev–Trinajstić information content (AvgIpc) is 3.38. The van der Waals surface area contributed by atoms with Gasteiger partial charge in [0.15, 0.2) is 5.65 Å². The fourth-order valence-corrected chi connectivity index (χ4v) is 3.62. The van der Waals surface area contributed by atoms with E-state index in [2.05, 4.69) is 20.4 Å². The summed E-state index contributed by atoms with van der Waals surface area (Å²) >= 11 is 0. The summed E-state index contributed by atoms with van der Waals surface area (Å²) in [5.74, 6) is -0.430. The number of nitrogens with one attached hydrogen (secondary N) is 1. The number of ether oxygens (including phenoxy) is 1. The molecule has 1 aliphatic carbocycles. The summed E-state index contributed by atoms with van der Waals surface area (Å²) in [5, 5.41) is 6.32. The molecule has 3 aromatic rings. The van der Waals surface area contributed by atoms with E-state index < -0.39 is 30.2 Å². The number of alkyl halides is 1. The maximum Gasteiger partial charge on any atom is 0.259 e. The molecule has 1 saturated carbocycles. The molecular weight excluding hydrogens is 370 g/mol. The molecule has 4 heterocycles. The lowest BCUT2D eigenvalue weighted by molar-refractivity contribution is 0.0842. The number of hydrogen-bond acceptors (Lipinski definition) is 6. The van der Waals surface area contributed by atoms with Crippen LogP contribution in [0.25, 0.3) is 5.65 Å². The molecule has 1 aliphatic heterocycles. The van der Waals surface area contributed by atoms with Crippen LogP contribution in [0, 0.1) is 5.82 Å². The van der Waals surface area contributed by atoms with Crippen LogP contribution < -0.4 is 15.0 Å². The lowest BCUT2D eigenvalue weighted by Gasteiger charge is -2.30. The van der Waals surface area contributed by atoms with E-state index in [1.165, 1.54) is 16.8 Å². The summed E-state index contributed by atoms with van der Waals surface area (Å²) in [4.78, 5) is 22.9. The number of pyridine rings is 1. The Kier molecular flexibility index (Phi) is 3.52. The molecule has 0 aromatic carbocycles. The number of carbonyl (C=O) groups is 1. The molecule has 0 radical (unpaired) electrons. The van der Waals surface area contributed by atoms with Crippen LogP contribution in [0.15, 0.2) is 30.7 Å². The molecule has 2 aliphatic rings. The normalized spacial score (nSPS) is 20.8. The number of aromatic nitrogens is 4. The van der Waals surface area contributed by atoms with Crippen molar-refractivity contribution in [2.75, 3.05) is 18.6 Å². The number of rotatable bonds is 0. The monoisotopic (exact) mass is 386 g/mol. The van der Waals surface area contributed by atoms with E-state index in [1.54, 1.807) is 12.3 Å². The fourth-order valence-electron chi connectivity index (χ4n) is 3.62. The van der Waals surface area contributed by atoms with Crippen LogP contribution in [-0.2, 0) is 5.54 Å². The van der Waals surface area contributed by atoms with Gasteiger partial charge in [0, 0.05) is 18.8 Å². The van der Waals surface area contributed by atoms with Crippen molar-refractivity contribution in [1.82, 2.24) is 24.9 Å². The molecule has 8 nitrogen and oxygen atoms in total. The molecule has 1 N–H and O–H groups in total. The Bertz CT molecular complexity index is 1100. The van der Waals surface area contributed by atoms with E-state index in [1.807, 2.05) is 11.9 Å². The first-order valence-electron chi connectivity index (χ1n) is 8.80. The van der Waals surface area contributed by atoms with E-state index in [0.717, 1.165) is 19.0 Å². The largest absolute Gasteiger partial charge is 0.472 e. The number of carbonyl (C=O) groups excluding carboxylic acids is 1. The van der Waals surface area contributed by atoms with Crippen molar-refractivity contribution >= 4 is 17.4 Å². The third-order valence-corrected chi connectivity index (χ3v) is 5.28. The van der Waals surface area contributed by atoms with E-state index in [4.69, 9.17) is 4.74 Å². The van der Waals surface area contributed by atoms with Crippen molar-refractivity contribution in [2.24, 2.45) is 0 Å². The zero-order valence-electron chi connectivity index (χ0n) is 14.9. The van der Waals surface area contributed by atoms with Gasteiger partial charge in [-0.05, 0) is 25.0 Å². The van der Waals surface area contributed by atoms with Gasteiger partial charge in [0.1, 0.15) is 23.8 Å². The molecule has 5 rings (SSSR count). The lowest BCUT2D eigenvalue weighted by Crippen LogP contribution is -2.36. The van der Waals surface area contributed by atoms with Gasteiger partial charge in [-0.2, -0.15) is 5.10 Å². The first kappa shape index (κ1) is 16.8. The molecule has 1 spiro atoms. The minimum Gasteiger partial charge on any atom is -0.472 e. The Labute approximate surface area is 158 Å². The van der Waals surface area contributed by atoms with Crippen LogP contribution in [0.1, 0.15) is 28.8 Å². The average molecular weight is 386 g/mol. The Morgan fingerprint density at radius 2 is 2.18 bits per heavy atom. The molecule has 2 bridgehead atoms. The van der Waals surface area contributed by atoms with E-state index in [9.17, 15) is 13.6 Å². The molecular formula is C18H16F2N6O2. The molecule has 10 heteroatoms. The van der Waals surface area contributed by atoms with E-state index >= 15 is 0 Å². The van der Waals surface area contributed by atoms with Crippen molar-refractivity contribution < 1.29 is 18.3 Å². The van der Waals surface area contributed by atoms with Gasteiger partial charge >= 0.3 is 0 Å².